The van der Waals surface area contributed by atoms with Crippen LogP contribution in [-0.4, -0.2) is 83.6 Å². The van der Waals surface area contributed by atoms with Gasteiger partial charge in [-0.1, -0.05) is 244 Å². The Morgan fingerprint density at radius 1 is 0.264 bits per heavy atom. The molecule has 10 fully saturated rings. The molecule has 121 heavy (non-hydrogen) atoms. The topological polar surface area (TPSA) is 204 Å². The predicted octanol–water partition coefficient (Wildman–Crippen LogP) is 26.2. The summed E-state index contributed by atoms with van der Waals surface area (Å²) in [6.45, 7) is 55.1. The molecule has 14 heteroatoms. The van der Waals surface area contributed by atoms with Crippen molar-refractivity contribution in [2.24, 2.45) is 129 Å². The van der Waals surface area contributed by atoms with Crippen LogP contribution in [0.1, 0.15) is 469 Å². The normalized spacial score (nSPS) is 21.2. The molecule has 0 bridgehead atoms. The number of nitrogens with one attached hydrogen (secondary N) is 7. The standard InChI is InChI=1S/C18H33NO.C17H33NO.2C15H27NO.C15H29NO.C14H27NO.C13H25NO/c1-14(2)19-18(20)17(13-16-9-5-6-10-16)12-11-15-7-3-4-8-15;1-13(2)18-16(19)15(12-17(3,4)5)11-10-14-8-6-7-9-14;1-10(2)16-15(17)13(7-6-12-4-5-12)9-14-8-11(14)3;1-11(2)16-15(17)14(9-8-12-6-7-12)10-13-4-3-5-13;1-11(2)16-14(17)13(10-15(3,4)5)9-8-12-6-7-12;1-10(2)15-13(16)12(14(3,4)5)9-8-11-6-7-11;1-9(2)12(8-7-11-5-6-11)13(15)14-10(3)4/h14-17H,3-13H2,1-2H3,(H,19,20);13-15H,6-12H2,1-5H3,(H,18,19);10-14H,4-9H2,1-3H3,(H,16,17);11-14H,3-10H2,1-2H3,(H,16,17);11-13H,6-10H2,1-5H3,(H,16,17);10-12H,6-9H2,1-5H3,(H,15,16);9-12H,5-8H2,1-4H3,(H,14,15). The van der Waals surface area contributed by atoms with E-state index in [2.05, 4.69) is 162 Å². The smallest absolute Gasteiger partial charge is 0.223 e. The zero-order chi connectivity index (χ0) is 90.3. The number of hydrogen-bond donors (Lipinski definition) is 7. The third-order valence-electron chi connectivity index (χ3n) is 27.7. The van der Waals surface area contributed by atoms with Gasteiger partial charge >= 0.3 is 0 Å². The molecular formula is C107H201N7O7. The molecular weight excluding hydrogens is 1500 g/mol. The van der Waals surface area contributed by atoms with Gasteiger partial charge in [0.1, 0.15) is 0 Å². The summed E-state index contributed by atoms with van der Waals surface area (Å²) in [5.74, 6) is 13.9. The molecule has 10 rings (SSSR count). The van der Waals surface area contributed by atoms with Crippen molar-refractivity contribution in [3.8, 4) is 0 Å². The first-order valence-electron chi connectivity index (χ1n) is 51.8. The molecule has 706 valence electrons. The average molecular weight is 1700 g/mol. The van der Waals surface area contributed by atoms with Crippen molar-refractivity contribution in [3.63, 3.8) is 0 Å². The van der Waals surface area contributed by atoms with Crippen LogP contribution in [0.15, 0.2) is 0 Å². The van der Waals surface area contributed by atoms with Crippen molar-refractivity contribution in [2.45, 2.75) is 511 Å². The van der Waals surface area contributed by atoms with E-state index in [9.17, 15) is 33.6 Å². The molecule has 10 saturated carbocycles. The minimum atomic E-state index is 0.0772. The second-order valence-electron chi connectivity index (χ2n) is 47.6. The highest BCUT2D eigenvalue weighted by Gasteiger charge is 2.39. The largest absolute Gasteiger partial charge is 0.354 e. The van der Waals surface area contributed by atoms with Crippen LogP contribution < -0.4 is 37.2 Å². The molecule has 0 aromatic rings. The van der Waals surface area contributed by atoms with Gasteiger partial charge in [0, 0.05) is 83.7 Å². The molecule has 0 aromatic heterocycles. The van der Waals surface area contributed by atoms with Gasteiger partial charge in [0.25, 0.3) is 0 Å². The minimum Gasteiger partial charge on any atom is -0.354 e. The van der Waals surface area contributed by atoms with Crippen LogP contribution in [0.2, 0.25) is 0 Å². The predicted molar refractivity (Wildman–Crippen MR) is 512 cm³/mol. The lowest BCUT2D eigenvalue weighted by Crippen LogP contribution is -2.41. The molecule has 9 atom stereocenters. The Hall–Kier alpha value is -3.71. The van der Waals surface area contributed by atoms with Crippen molar-refractivity contribution in [1.29, 1.82) is 0 Å². The Morgan fingerprint density at radius 3 is 0.727 bits per heavy atom. The zero-order valence-electron chi connectivity index (χ0n) is 84.2. The lowest BCUT2D eigenvalue weighted by molar-refractivity contribution is -0.129. The molecule has 0 spiro atoms. The highest BCUT2D eigenvalue weighted by Crippen LogP contribution is 2.46. The van der Waals surface area contributed by atoms with Crippen LogP contribution in [-0.2, 0) is 33.6 Å². The minimum absolute atomic E-state index is 0.0772. The highest BCUT2D eigenvalue weighted by atomic mass is 16.2. The van der Waals surface area contributed by atoms with Gasteiger partial charge in [0.05, 0.1) is 0 Å². The fourth-order valence-corrected chi connectivity index (χ4v) is 19.2. The van der Waals surface area contributed by atoms with Gasteiger partial charge in [-0.25, -0.2) is 0 Å². The number of amides is 7. The third-order valence-corrected chi connectivity index (χ3v) is 27.7. The van der Waals surface area contributed by atoms with Gasteiger partial charge in [0.15, 0.2) is 0 Å². The summed E-state index contributed by atoms with van der Waals surface area (Å²) in [6, 6.07) is 1.86. The monoisotopic (exact) mass is 1700 g/mol. The van der Waals surface area contributed by atoms with Crippen molar-refractivity contribution < 1.29 is 33.6 Å². The highest BCUT2D eigenvalue weighted by molar-refractivity contribution is 5.82. The second-order valence-corrected chi connectivity index (χ2v) is 47.6. The molecule has 0 aliphatic heterocycles. The first kappa shape index (κ1) is 110. The Kier molecular flexibility index (Phi) is 51.3. The van der Waals surface area contributed by atoms with E-state index in [1.54, 1.807) is 0 Å². The van der Waals surface area contributed by atoms with Crippen LogP contribution in [0.5, 0.6) is 0 Å². The van der Waals surface area contributed by atoms with Gasteiger partial charge in [0.2, 0.25) is 41.4 Å². The fraction of sp³-hybridized carbons (Fsp3) is 0.935. The molecule has 10 aliphatic carbocycles. The van der Waals surface area contributed by atoms with Crippen LogP contribution in [0.4, 0.5) is 0 Å². The molecule has 7 N–H and O–H groups in total. The molecule has 0 aromatic carbocycles. The summed E-state index contributed by atoms with van der Waals surface area (Å²) >= 11 is 0. The SMILES string of the molecule is CC(C)NC(=O)C(CCC1CC1)C(C)(C)C.CC(C)NC(=O)C(CCC1CC1)C(C)C.CC(C)NC(=O)C(CCC1CC1)CC(C)(C)C.CC(C)NC(=O)C(CCC1CC1)CC1CC1C.CC(C)NC(=O)C(CCC1CC1)CC1CCC1.CC(C)NC(=O)C(CCC1CCCC1)CC(C)(C)C.CC(C)NC(=O)C(CCC1CCCC1)CC1CCCC1. The lowest BCUT2D eigenvalue weighted by Gasteiger charge is -2.30. The maximum Gasteiger partial charge on any atom is 0.223 e. The van der Waals surface area contributed by atoms with Gasteiger partial charge in [-0.15, -0.1) is 0 Å². The summed E-state index contributed by atoms with van der Waals surface area (Å²) in [4.78, 5) is 85.2. The summed E-state index contributed by atoms with van der Waals surface area (Å²) in [7, 11) is 0. The van der Waals surface area contributed by atoms with Gasteiger partial charge in [-0.3, -0.25) is 33.6 Å². The van der Waals surface area contributed by atoms with Crippen molar-refractivity contribution >= 4 is 41.4 Å². The van der Waals surface area contributed by atoms with E-state index in [0.29, 0.717) is 29.6 Å². The van der Waals surface area contributed by atoms with E-state index >= 15 is 0 Å². The first-order chi connectivity index (χ1) is 56.7. The first-order valence-corrected chi connectivity index (χ1v) is 51.8. The Balaban J connectivity index is 0.000000297. The molecule has 9 unspecified atom stereocenters. The average Bonchev–Trinajstić information content (AvgIpc) is 1.74. The Labute approximate surface area is 747 Å². The van der Waals surface area contributed by atoms with E-state index in [-0.39, 0.29) is 118 Å². The lowest BCUT2D eigenvalue weighted by atomic mass is 9.77. The second kappa shape index (κ2) is 56.6. The maximum atomic E-state index is 12.4. The van der Waals surface area contributed by atoms with Gasteiger partial charge in [-0.05, 0) is 313 Å². The Morgan fingerprint density at radius 2 is 0.488 bits per heavy atom. The summed E-state index contributed by atoms with van der Waals surface area (Å²) in [5.41, 5.74) is 0.547. The molecule has 0 heterocycles. The third kappa shape index (κ3) is 54.3. The molecule has 10 aliphatic rings. The summed E-state index contributed by atoms with van der Waals surface area (Å²) < 4.78 is 0. The van der Waals surface area contributed by atoms with Crippen LogP contribution in [0.3, 0.4) is 0 Å². The van der Waals surface area contributed by atoms with E-state index < -0.39 is 0 Å². The summed E-state index contributed by atoms with van der Waals surface area (Å²) in [6.07, 6.45) is 57.8. The van der Waals surface area contributed by atoms with E-state index in [1.165, 1.54) is 212 Å². The fourth-order valence-electron chi connectivity index (χ4n) is 19.2. The van der Waals surface area contributed by atoms with Crippen LogP contribution >= 0.6 is 0 Å². The van der Waals surface area contributed by atoms with Gasteiger partial charge in [-0.2, -0.15) is 0 Å². The summed E-state index contributed by atoms with van der Waals surface area (Å²) in [5, 5.41) is 21.6. The number of carbonyl (C=O) groups excluding carboxylic acids is 7. The van der Waals surface area contributed by atoms with Crippen LogP contribution in [0, 0.1) is 129 Å². The quantitative estimate of drug-likeness (QED) is 0.0314. The van der Waals surface area contributed by atoms with Crippen molar-refractivity contribution in [3.05, 3.63) is 0 Å². The van der Waals surface area contributed by atoms with E-state index in [0.717, 1.165) is 142 Å². The van der Waals surface area contributed by atoms with Gasteiger partial charge < -0.3 is 37.2 Å². The Bertz CT molecular complexity index is 2790. The van der Waals surface area contributed by atoms with E-state index in [1.807, 2.05) is 55.4 Å². The van der Waals surface area contributed by atoms with Crippen molar-refractivity contribution in [2.75, 3.05) is 0 Å². The zero-order valence-corrected chi connectivity index (χ0v) is 84.2. The maximum absolute atomic E-state index is 12.4. The van der Waals surface area contributed by atoms with Crippen LogP contribution in [0.25, 0.3) is 0 Å². The molecule has 0 saturated heterocycles. The molecule has 0 radical (unpaired) electrons. The number of rotatable bonds is 44. The van der Waals surface area contributed by atoms with Crippen molar-refractivity contribution in [1.82, 2.24) is 37.2 Å². The number of hydrogen-bond acceptors (Lipinski definition) is 7. The molecule has 14 nitrogen and oxygen atoms in total. The van der Waals surface area contributed by atoms with E-state index in [4.69, 9.17) is 0 Å². The number of carbonyl (C=O) groups is 7. The molecule has 7 amide bonds.